The number of sulfonamides is 1. The second-order valence-corrected chi connectivity index (χ2v) is 9.87. The molecule has 3 aromatic carbocycles. The zero-order chi connectivity index (χ0) is 22.4. The highest BCUT2D eigenvalue weighted by molar-refractivity contribution is 7.89. The Morgan fingerprint density at radius 3 is 2.35 bits per heavy atom. The molecule has 0 atom stereocenters. The van der Waals surface area contributed by atoms with Crippen molar-refractivity contribution < 1.29 is 13.2 Å². The van der Waals surface area contributed by atoms with Gasteiger partial charge in [-0.25, -0.2) is 8.42 Å². The molecule has 31 heavy (non-hydrogen) atoms. The van der Waals surface area contributed by atoms with E-state index in [0.29, 0.717) is 15.6 Å². The summed E-state index contributed by atoms with van der Waals surface area (Å²) in [4.78, 5) is 12.8. The van der Waals surface area contributed by atoms with Crippen LogP contribution in [0.3, 0.4) is 0 Å². The largest absolute Gasteiger partial charge is 0.351 e. The van der Waals surface area contributed by atoms with Crippen LogP contribution in [0.15, 0.2) is 77.7 Å². The minimum Gasteiger partial charge on any atom is -0.351 e. The number of aryl methyl sites for hydroxylation is 1. The summed E-state index contributed by atoms with van der Waals surface area (Å²) in [5.41, 5.74) is 2.37. The van der Waals surface area contributed by atoms with Crippen LogP contribution >= 0.6 is 23.2 Å². The smallest absolute Gasteiger partial charge is 0.243 e. The number of amides is 1. The second-order valence-electron chi connectivity index (χ2n) is 7.08. The van der Waals surface area contributed by atoms with Crippen LogP contribution < -0.4 is 5.32 Å². The standard InChI is InChI=1S/C23H22Cl2N2O3S/c1-17-9-11-21(12-10-17)31(29,30)27(15-19-6-2-3-8-22(19)25)16-23(28)26-14-18-5-4-7-20(24)13-18/h2-13H,14-16H2,1H3,(H,26,28). The molecule has 1 N–H and O–H groups in total. The fourth-order valence-electron chi connectivity index (χ4n) is 2.97. The number of carbonyl (C=O) groups excluding carboxylic acids is 1. The van der Waals surface area contributed by atoms with Gasteiger partial charge in [-0.05, 0) is 48.4 Å². The first-order chi connectivity index (χ1) is 14.8. The third-order valence-electron chi connectivity index (χ3n) is 4.66. The Morgan fingerprint density at radius 1 is 0.968 bits per heavy atom. The Bertz CT molecular complexity index is 1170. The van der Waals surface area contributed by atoms with Gasteiger partial charge in [0.1, 0.15) is 0 Å². The lowest BCUT2D eigenvalue weighted by molar-refractivity contribution is -0.121. The van der Waals surface area contributed by atoms with Crippen molar-refractivity contribution in [2.24, 2.45) is 0 Å². The maximum atomic E-state index is 13.3. The molecule has 3 rings (SSSR count). The van der Waals surface area contributed by atoms with Crippen molar-refractivity contribution in [3.05, 3.63) is 99.5 Å². The minimum absolute atomic E-state index is 0.0273. The first kappa shape index (κ1) is 23.3. The van der Waals surface area contributed by atoms with Crippen molar-refractivity contribution in [2.75, 3.05) is 6.54 Å². The molecule has 0 aliphatic carbocycles. The summed E-state index contributed by atoms with van der Waals surface area (Å²) in [7, 11) is -3.92. The Morgan fingerprint density at radius 2 is 1.68 bits per heavy atom. The van der Waals surface area contributed by atoms with Crippen LogP contribution in [0.5, 0.6) is 0 Å². The molecule has 1 amide bonds. The van der Waals surface area contributed by atoms with E-state index in [1.807, 2.05) is 13.0 Å². The number of hydrogen-bond acceptors (Lipinski definition) is 3. The molecule has 0 bridgehead atoms. The SMILES string of the molecule is Cc1ccc(S(=O)(=O)N(CC(=O)NCc2cccc(Cl)c2)Cc2ccccc2Cl)cc1. The molecule has 0 spiro atoms. The van der Waals surface area contributed by atoms with Gasteiger partial charge in [0.15, 0.2) is 0 Å². The first-order valence-electron chi connectivity index (χ1n) is 9.57. The van der Waals surface area contributed by atoms with Crippen molar-refractivity contribution in [3.8, 4) is 0 Å². The van der Waals surface area contributed by atoms with Crippen molar-refractivity contribution >= 4 is 39.1 Å². The fraction of sp³-hybridized carbons (Fsp3) is 0.174. The zero-order valence-corrected chi connectivity index (χ0v) is 19.2. The predicted octanol–water partition coefficient (Wildman–Crippen LogP) is 4.81. The van der Waals surface area contributed by atoms with Gasteiger partial charge in [0, 0.05) is 23.1 Å². The molecular formula is C23H22Cl2N2O3S. The van der Waals surface area contributed by atoms with Crippen LogP contribution in [-0.4, -0.2) is 25.2 Å². The molecule has 0 aliphatic heterocycles. The zero-order valence-electron chi connectivity index (χ0n) is 16.9. The maximum absolute atomic E-state index is 13.3. The van der Waals surface area contributed by atoms with Crippen LogP contribution in [-0.2, 0) is 27.9 Å². The molecule has 3 aromatic rings. The van der Waals surface area contributed by atoms with E-state index in [9.17, 15) is 13.2 Å². The molecule has 0 unspecified atom stereocenters. The molecule has 0 saturated carbocycles. The van der Waals surface area contributed by atoms with Crippen molar-refractivity contribution in [2.45, 2.75) is 24.9 Å². The molecule has 0 radical (unpaired) electrons. The van der Waals surface area contributed by atoms with E-state index in [1.165, 1.54) is 12.1 Å². The molecule has 0 fully saturated rings. The summed E-state index contributed by atoms with van der Waals surface area (Å²) in [6.07, 6.45) is 0. The van der Waals surface area contributed by atoms with Gasteiger partial charge < -0.3 is 5.32 Å². The van der Waals surface area contributed by atoms with Crippen molar-refractivity contribution in [1.82, 2.24) is 9.62 Å². The van der Waals surface area contributed by atoms with E-state index in [2.05, 4.69) is 5.32 Å². The third kappa shape index (κ3) is 6.31. The lowest BCUT2D eigenvalue weighted by Gasteiger charge is -2.22. The van der Waals surface area contributed by atoms with Gasteiger partial charge in [-0.15, -0.1) is 0 Å². The van der Waals surface area contributed by atoms with Crippen LogP contribution in [0, 0.1) is 6.92 Å². The van der Waals surface area contributed by atoms with E-state index in [0.717, 1.165) is 15.4 Å². The maximum Gasteiger partial charge on any atom is 0.243 e. The Kier molecular flexibility index (Phi) is 7.73. The second kappa shape index (κ2) is 10.3. The van der Waals surface area contributed by atoms with E-state index in [4.69, 9.17) is 23.2 Å². The van der Waals surface area contributed by atoms with E-state index in [-0.39, 0.29) is 24.5 Å². The van der Waals surface area contributed by atoms with Gasteiger partial charge in [-0.3, -0.25) is 4.79 Å². The molecule has 5 nitrogen and oxygen atoms in total. The number of nitrogens with zero attached hydrogens (tertiary/aromatic N) is 1. The average Bonchev–Trinajstić information content (AvgIpc) is 2.73. The number of hydrogen-bond donors (Lipinski definition) is 1. The van der Waals surface area contributed by atoms with Crippen molar-refractivity contribution in [3.63, 3.8) is 0 Å². The Hall–Kier alpha value is -2.38. The highest BCUT2D eigenvalue weighted by Gasteiger charge is 2.27. The van der Waals surface area contributed by atoms with Gasteiger partial charge in [0.05, 0.1) is 11.4 Å². The molecule has 0 aromatic heterocycles. The molecule has 0 heterocycles. The topological polar surface area (TPSA) is 66.5 Å². The Labute approximate surface area is 192 Å². The summed E-state index contributed by atoms with van der Waals surface area (Å²) in [6, 6.07) is 20.6. The molecule has 0 saturated heterocycles. The van der Waals surface area contributed by atoms with E-state index < -0.39 is 15.9 Å². The van der Waals surface area contributed by atoms with Crippen molar-refractivity contribution in [1.29, 1.82) is 0 Å². The van der Waals surface area contributed by atoms with Crippen LogP contribution in [0.2, 0.25) is 10.0 Å². The summed E-state index contributed by atoms with van der Waals surface area (Å²) < 4.78 is 27.7. The van der Waals surface area contributed by atoms with Gasteiger partial charge in [-0.2, -0.15) is 4.31 Å². The van der Waals surface area contributed by atoms with Crippen LogP contribution in [0.25, 0.3) is 0 Å². The average molecular weight is 477 g/mol. The van der Waals surface area contributed by atoms with Crippen LogP contribution in [0.4, 0.5) is 0 Å². The lowest BCUT2D eigenvalue weighted by Crippen LogP contribution is -2.40. The molecule has 8 heteroatoms. The number of rotatable bonds is 8. The number of halogens is 2. The summed E-state index contributed by atoms with van der Waals surface area (Å²) in [5.74, 6) is -0.428. The van der Waals surface area contributed by atoms with Gasteiger partial charge in [0.2, 0.25) is 15.9 Å². The summed E-state index contributed by atoms with van der Waals surface area (Å²) in [6.45, 7) is 1.74. The number of carbonyl (C=O) groups is 1. The predicted molar refractivity (Wildman–Crippen MR) is 124 cm³/mol. The fourth-order valence-corrected chi connectivity index (χ4v) is 4.75. The molecule has 0 aliphatic rings. The minimum atomic E-state index is -3.92. The van der Waals surface area contributed by atoms with E-state index >= 15 is 0 Å². The lowest BCUT2D eigenvalue weighted by atomic mass is 10.2. The monoisotopic (exact) mass is 476 g/mol. The third-order valence-corrected chi connectivity index (χ3v) is 7.07. The number of nitrogens with one attached hydrogen (secondary N) is 1. The number of benzene rings is 3. The Balaban J connectivity index is 1.82. The normalized spacial score (nSPS) is 11.5. The summed E-state index contributed by atoms with van der Waals surface area (Å²) >= 11 is 12.2. The summed E-state index contributed by atoms with van der Waals surface area (Å²) in [5, 5.41) is 3.75. The van der Waals surface area contributed by atoms with Crippen LogP contribution in [0.1, 0.15) is 16.7 Å². The first-order valence-corrected chi connectivity index (χ1v) is 11.8. The van der Waals surface area contributed by atoms with E-state index in [1.54, 1.807) is 54.6 Å². The highest BCUT2D eigenvalue weighted by Crippen LogP contribution is 2.22. The van der Waals surface area contributed by atoms with Gasteiger partial charge in [-0.1, -0.05) is 71.2 Å². The highest BCUT2D eigenvalue weighted by atomic mass is 35.5. The quantitative estimate of drug-likeness (QED) is 0.507. The van der Waals surface area contributed by atoms with Gasteiger partial charge in [0.25, 0.3) is 0 Å². The molecular weight excluding hydrogens is 455 g/mol. The van der Waals surface area contributed by atoms with Gasteiger partial charge >= 0.3 is 0 Å². The molecule has 162 valence electrons.